The van der Waals surface area contributed by atoms with E-state index in [1.165, 1.54) is 6.20 Å². The summed E-state index contributed by atoms with van der Waals surface area (Å²) >= 11 is 1.64. The van der Waals surface area contributed by atoms with E-state index in [1.807, 2.05) is 24.4 Å². The van der Waals surface area contributed by atoms with Crippen molar-refractivity contribution in [1.82, 2.24) is 19.6 Å². The zero-order valence-electron chi connectivity index (χ0n) is 22.7. The summed E-state index contributed by atoms with van der Waals surface area (Å²) in [5, 5.41) is 29.0. The van der Waals surface area contributed by atoms with Gasteiger partial charge in [-0.2, -0.15) is 5.10 Å². The fraction of sp³-hybridized carbons (Fsp3) is 0.517. The number of nitrogens with zero attached hydrogens (tertiary/aromatic N) is 5. The summed E-state index contributed by atoms with van der Waals surface area (Å²) in [5.41, 5.74) is 1.65. The molecule has 3 aliphatic rings. The van der Waals surface area contributed by atoms with E-state index in [0.29, 0.717) is 46.9 Å². The molecule has 40 heavy (non-hydrogen) atoms. The van der Waals surface area contributed by atoms with Crippen molar-refractivity contribution < 1.29 is 19.7 Å². The van der Waals surface area contributed by atoms with Crippen LogP contribution >= 0.6 is 11.3 Å². The Morgan fingerprint density at radius 1 is 1.23 bits per heavy atom. The second-order valence-corrected chi connectivity index (χ2v) is 13.0. The highest BCUT2D eigenvalue weighted by Gasteiger charge is 2.39. The highest BCUT2D eigenvalue weighted by atomic mass is 32.1. The Morgan fingerprint density at radius 3 is 2.75 bits per heavy atom. The number of hydrogen-bond donors (Lipinski definition) is 3. The number of anilines is 2. The fourth-order valence-corrected chi connectivity index (χ4v) is 7.57. The largest absolute Gasteiger partial charge is 0.396 e. The zero-order chi connectivity index (χ0) is 27.6. The molecule has 11 heteroatoms. The van der Waals surface area contributed by atoms with E-state index in [9.17, 15) is 15.0 Å². The minimum absolute atomic E-state index is 0.244. The molecule has 2 bridgehead atoms. The molecule has 5 heterocycles. The van der Waals surface area contributed by atoms with E-state index in [0.717, 1.165) is 59.7 Å². The maximum absolute atomic E-state index is 13.6. The second-order valence-electron chi connectivity index (χ2n) is 11.9. The summed E-state index contributed by atoms with van der Waals surface area (Å²) in [6, 6.07) is 6.06. The predicted octanol–water partition coefficient (Wildman–Crippen LogP) is 4.06. The first kappa shape index (κ1) is 25.8. The van der Waals surface area contributed by atoms with Crippen LogP contribution < -0.4 is 10.2 Å². The summed E-state index contributed by atoms with van der Waals surface area (Å²) in [6.45, 7) is 5.18. The van der Waals surface area contributed by atoms with Crippen LogP contribution in [0, 0.1) is 5.92 Å². The van der Waals surface area contributed by atoms with Crippen molar-refractivity contribution in [2.24, 2.45) is 5.92 Å². The molecule has 210 valence electrons. The van der Waals surface area contributed by atoms with Gasteiger partial charge in [0.15, 0.2) is 5.65 Å². The van der Waals surface area contributed by atoms with Crippen molar-refractivity contribution in [3.63, 3.8) is 0 Å². The van der Waals surface area contributed by atoms with Gasteiger partial charge in [-0.05, 0) is 70.1 Å². The van der Waals surface area contributed by atoms with Crippen LogP contribution in [0.4, 0.5) is 11.5 Å². The molecule has 10 nitrogen and oxygen atoms in total. The van der Waals surface area contributed by atoms with Crippen LogP contribution in [-0.2, 0) is 10.3 Å². The van der Waals surface area contributed by atoms with Gasteiger partial charge in [0.05, 0.1) is 45.8 Å². The Labute approximate surface area is 236 Å². The summed E-state index contributed by atoms with van der Waals surface area (Å²) < 4.78 is 8.32. The van der Waals surface area contributed by atoms with E-state index in [2.05, 4.69) is 15.3 Å². The van der Waals surface area contributed by atoms with Crippen LogP contribution in [0.3, 0.4) is 0 Å². The zero-order valence-corrected chi connectivity index (χ0v) is 23.5. The van der Waals surface area contributed by atoms with Crippen molar-refractivity contribution in [3.05, 3.63) is 46.7 Å². The monoisotopic (exact) mass is 562 g/mol. The van der Waals surface area contributed by atoms with Crippen molar-refractivity contribution in [2.45, 2.75) is 69.6 Å². The van der Waals surface area contributed by atoms with Crippen LogP contribution in [0.5, 0.6) is 0 Å². The van der Waals surface area contributed by atoms with Gasteiger partial charge in [-0.15, -0.1) is 11.3 Å². The number of hydrogen-bond acceptors (Lipinski definition) is 9. The predicted molar refractivity (Wildman–Crippen MR) is 153 cm³/mol. The van der Waals surface area contributed by atoms with Gasteiger partial charge >= 0.3 is 0 Å². The van der Waals surface area contributed by atoms with Gasteiger partial charge in [-0.1, -0.05) is 0 Å². The van der Waals surface area contributed by atoms with Gasteiger partial charge in [-0.25, -0.2) is 14.5 Å². The number of aliphatic hydroxyl groups is 2. The Kier molecular flexibility index (Phi) is 6.30. The molecule has 0 unspecified atom stereocenters. The van der Waals surface area contributed by atoms with Crippen LogP contribution in [0.1, 0.15) is 72.8 Å². The molecule has 3 fully saturated rings. The average Bonchev–Trinajstić information content (AvgIpc) is 3.74. The van der Waals surface area contributed by atoms with Crippen molar-refractivity contribution in [1.29, 1.82) is 0 Å². The second kappa shape index (κ2) is 9.76. The maximum atomic E-state index is 13.6. The molecule has 3 aromatic heterocycles. The summed E-state index contributed by atoms with van der Waals surface area (Å²) in [5.74, 6) is 1.25. The number of amides is 1. The Hall–Kier alpha value is -3.12. The SMILES string of the molecule is CC(C)(O)c1cc2nc([C@H]3CC[C@H](CO)CC3)sc2cc1NC(=O)c1cnn2ccc(N3C[C@H]4C[C@@H]3CO4)nc12. The lowest BCUT2D eigenvalue weighted by Crippen LogP contribution is -2.37. The van der Waals surface area contributed by atoms with Gasteiger partial charge in [-0.3, -0.25) is 4.79 Å². The molecule has 1 amide bonds. The number of benzene rings is 1. The molecule has 2 aliphatic heterocycles. The number of ether oxygens (including phenoxy) is 1. The lowest BCUT2D eigenvalue weighted by molar-refractivity contribution is 0.0794. The van der Waals surface area contributed by atoms with Gasteiger partial charge in [0, 0.05) is 36.5 Å². The number of nitrogens with one attached hydrogen (secondary N) is 1. The number of thiazole rings is 1. The quantitative estimate of drug-likeness (QED) is 0.321. The smallest absolute Gasteiger partial charge is 0.261 e. The van der Waals surface area contributed by atoms with E-state index < -0.39 is 5.60 Å². The third-order valence-electron chi connectivity index (χ3n) is 8.70. The normalized spacial score (nSPS) is 24.9. The van der Waals surface area contributed by atoms with Gasteiger partial charge < -0.3 is 25.2 Å². The molecule has 1 aliphatic carbocycles. The van der Waals surface area contributed by atoms with E-state index in [4.69, 9.17) is 14.7 Å². The number of fused-ring (bicyclic) bond motifs is 4. The number of carbonyl (C=O) groups excluding carboxylic acids is 1. The van der Waals surface area contributed by atoms with Gasteiger partial charge in [0.2, 0.25) is 0 Å². The topological polar surface area (TPSA) is 125 Å². The molecule has 0 spiro atoms. The molecule has 2 atom stereocenters. The van der Waals surface area contributed by atoms with Crippen molar-refractivity contribution in [2.75, 3.05) is 30.0 Å². The van der Waals surface area contributed by atoms with Crippen LogP contribution in [-0.4, -0.2) is 67.6 Å². The molecule has 7 rings (SSSR count). The molecular weight excluding hydrogens is 528 g/mol. The number of aromatic nitrogens is 4. The Bertz CT molecular complexity index is 1580. The fourth-order valence-electron chi connectivity index (χ4n) is 6.42. The molecule has 1 aromatic carbocycles. The van der Waals surface area contributed by atoms with E-state index in [1.54, 1.807) is 29.7 Å². The third kappa shape index (κ3) is 4.54. The first-order valence-electron chi connectivity index (χ1n) is 14.1. The van der Waals surface area contributed by atoms with Crippen LogP contribution in [0.25, 0.3) is 15.9 Å². The molecular formula is C29H34N6O4S. The van der Waals surface area contributed by atoms with Crippen molar-refractivity contribution in [3.8, 4) is 0 Å². The number of carbonyl (C=O) groups is 1. The van der Waals surface area contributed by atoms with Crippen LogP contribution in [0.15, 0.2) is 30.6 Å². The summed E-state index contributed by atoms with van der Waals surface area (Å²) in [4.78, 5) is 25.6. The summed E-state index contributed by atoms with van der Waals surface area (Å²) in [7, 11) is 0. The highest BCUT2D eigenvalue weighted by molar-refractivity contribution is 7.18. The molecule has 4 aromatic rings. The molecule has 2 saturated heterocycles. The summed E-state index contributed by atoms with van der Waals surface area (Å²) in [6.07, 6.45) is 8.67. The van der Waals surface area contributed by atoms with E-state index >= 15 is 0 Å². The molecule has 0 radical (unpaired) electrons. The Morgan fingerprint density at radius 2 is 2.05 bits per heavy atom. The van der Waals surface area contributed by atoms with Crippen LogP contribution in [0.2, 0.25) is 0 Å². The van der Waals surface area contributed by atoms with Gasteiger partial charge in [0.1, 0.15) is 11.4 Å². The maximum Gasteiger partial charge on any atom is 0.261 e. The minimum Gasteiger partial charge on any atom is -0.396 e. The van der Waals surface area contributed by atoms with Gasteiger partial charge in [0.25, 0.3) is 5.91 Å². The molecule has 1 saturated carbocycles. The number of rotatable bonds is 6. The highest BCUT2D eigenvalue weighted by Crippen LogP contribution is 2.41. The van der Waals surface area contributed by atoms with E-state index in [-0.39, 0.29) is 18.6 Å². The minimum atomic E-state index is -1.19. The number of aliphatic hydroxyl groups excluding tert-OH is 1. The average molecular weight is 563 g/mol. The lowest BCUT2D eigenvalue weighted by atomic mass is 9.83. The first-order chi connectivity index (χ1) is 19.3. The first-order valence-corrected chi connectivity index (χ1v) is 14.9. The van der Waals surface area contributed by atoms with Crippen molar-refractivity contribution >= 4 is 44.6 Å². The third-order valence-corrected chi connectivity index (χ3v) is 9.88. The lowest BCUT2D eigenvalue weighted by Gasteiger charge is -2.27. The Balaban J connectivity index is 1.19. The standard InChI is InChI=1S/C29H34N6O4S/c1-29(2,38)21-10-23-24(40-28(32-23)17-5-3-16(14-36)4-6-17)11-22(21)31-27(37)20-12-30-35-8-7-25(33-26(20)35)34-13-19-9-18(34)15-39-19/h7-8,10-12,16-19,36,38H,3-6,9,13-15H2,1-2H3,(H,31,37)/t16-,17-,18-,19-/m1/s1. The molecule has 3 N–H and O–H groups in total. The number of morpholine rings is 1.